The molecule has 5 nitrogen and oxygen atoms in total. The lowest BCUT2D eigenvalue weighted by molar-refractivity contribution is -0.308. The minimum atomic E-state index is -1.22. The van der Waals surface area contributed by atoms with Crippen LogP contribution in [0.15, 0.2) is 0 Å². The van der Waals surface area contributed by atoms with Crippen LogP contribution in [0.1, 0.15) is 32.1 Å². The summed E-state index contributed by atoms with van der Waals surface area (Å²) in [4.78, 5) is 22.4. The first kappa shape index (κ1) is 14.2. The second-order valence-electron chi connectivity index (χ2n) is 4.25. The van der Waals surface area contributed by atoms with Crippen molar-refractivity contribution >= 4 is 23.8 Å². The number of amides is 2. The summed E-state index contributed by atoms with van der Waals surface area (Å²) in [6.45, 7) is 0. The van der Waals surface area contributed by atoms with Crippen molar-refractivity contribution in [1.29, 1.82) is 0 Å². The predicted octanol–water partition coefficient (Wildman–Crippen LogP) is 0.0998. The minimum Gasteiger partial charge on any atom is -0.548 e. The highest BCUT2D eigenvalue weighted by molar-refractivity contribution is 7.98. The largest absolute Gasteiger partial charge is 0.548 e. The number of rotatable bonds is 6. The quantitative estimate of drug-likeness (QED) is 0.709. The van der Waals surface area contributed by atoms with Gasteiger partial charge in [0.05, 0.1) is 12.0 Å². The molecule has 0 bridgehead atoms. The summed E-state index contributed by atoms with van der Waals surface area (Å²) in [6, 6.07) is -1.10. The van der Waals surface area contributed by atoms with Gasteiger partial charge in [-0.25, -0.2) is 4.79 Å². The number of carboxylic acids is 1. The maximum Gasteiger partial charge on any atom is 0.315 e. The second kappa shape index (κ2) is 7.42. The molecule has 0 aromatic rings. The fourth-order valence-corrected chi connectivity index (χ4v) is 2.41. The Kier molecular flexibility index (Phi) is 6.18. The second-order valence-corrected chi connectivity index (χ2v) is 5.24. The Hall–Kier alpha value is -0.910. The number of hydrogen-bond acceptors (Lipinski definition) is 4. The van der Waals surface area contributed by atoms with Crippen LogP contribution in [0.2, 0.25) is 0 Å². The summed E-state index contributed by atoms with van der Waals surface area (Å²) in [5.74, 6) is -0.539. The van der Waals surface area contributed by atoms with Crippen molar-refractivity contribution in [2.45, 2.75) is 44.2 Å². The van der Waals surface area contributed by atoms with Gasteiger partial charge in [-0.1, -0.05) is 12.8 Å². The van der Waals surface area contributed by atoms with Crippen molar-refractivity contribution in [3.63, 3.8) is 0 Å². The maximum absolute atomic E-state index is 11.6. The highest BCUT2D eigenvalue weighted by atomic mass is 32.2. The number of carbonyl (C=O) groups is 2. The molecular weight excluding hydrogens is 240 g/mol. The fourth-order valence-electron chi connectivity index (χ4n) is 1.94. The Bertz CT molecular complexity index is 267. The van der Waals surface area contributed by atoms with E-state index < -0.39 is 18.0 Å². The Morgan fingerprint density at radius 3 is 2.59 bits per heavy atom. The highest BCUT2D eigenvalue weighted by Gasteiger charge is 2.19. The summed E-state index contributed by atoms with van der Waals surface area (Å²) in [6.07, 6.45) is 6.50. The number of hydrogen-bond donors (Lipinski definition) is 2. The summed E-state index contributed by atoms with van der Waals surface area (Å²) < 4.78 is 0. The van der Waals surface area contributed by atoms with Crippen molar-refractivity contribution in [3.05, 3.63) is 0 Å². The minimum absolute atomic E-state index is 0.193. The molecule has 0 aromatic heterocycles. The van der Waals surface area contributed by atoms with Crippen molar-refractivity contribution in [3.8, 4) is 0 Å². The standard InChI is InChI=1S/C11H20N2O3S/c1-17-7-6-9(10(14)15)13-11(16)12-8-4-2-3-5-8/h8-9H,2-7H2,1H3,(H,14,15)(H2,12,13,16)/p-1/t9-/m0/s1. The molecule has 1 aliphatic rings. The molecule has 0 aromatic carbocycles. The van der Waals surface area contributed by atoms with Gasteiger partial charge in [-0.05, 0) is 31.3 Å². The molecule has 0 saturated heterocycles. The van der Waals surface area contributed by atoms with Gasteiger partial charge in [0.15, 0.2) is 0 Å². The van der Waals surface area contributed by atoms with E-state index in [4.69, 9.17) is 0 Å². The van der Waals surface area contributed by atoms with Gasteiger partial charge in [0.25, 0.3) is 0 Å². The first-order valence-corrected chi connectivity index (χ1v) is 7.29. The zero-order chi connectivity index (χ0) is 12.7. The molecule has 0 radical (unpaired) electrons. The van der Waals surface area contributed by atoms with Crippen LogP contribution in [-0.2, 0) is 4.79 Å². The topological polar surface area (TPSA) is 81.3 Å². The first-order valence-electron chi connectivity index (χ1n) is 5.90. The molecule has 0 unspecified atom stereocenters. The molecule has 6 heteroatoms. The third-order valence-electron chi connectivity index (χ3n) is 2.89. The lowest BCUT2D eigenvalue weighted by Crippen LogP contribution is -2.52. The third-order valence-corrected chi connectivity index (χ3v) is 3.53. The van der Waals surface area contributed by atoms with Gasteiger partial charge in [0.1, 0.15) is 0 Å². The van der Waals surface area contributed by atoms with Gasteiger partial charge in [0, 0.05) is 6.04 Å². The van der Waals surface area contributed by atoms with Crippen molar-refractivity contribution in [2.24, 2.45) is 0 Å². The number of aliphatic carboxylic acids is 1. The lowest BCUT2D eigenvalue weighted by atomic mass is 10.2. The Morgan fingerprint density at radius 2 is 2.06 bits per heavy atom. The van der Waals surface area contributed by atoms with Crippen LogP contribution >= 0.6 is 11.8 Å². The monoisotopic (exact) mass is 259 g/mol. The SMILES string of the molecule is CSCC[C@H](NC(=O)NC1CCCC1)C(=O)[O-]. The van der Waals surface area contributed by atoms with Crippen LogP contribution in [0.3, 0.4) is 0 Å². The van der Waals surface area contributed by atoms with Crippen molar-refractivity contribution < 1.29 is 14.7 Å². The van der Waals surface area contributed by atoms with E-state index in [2.05, 4.69) is 10.6 Å². The lowest BCUT2D eigenvalue weighted by Gasteiger charge is -2.21. The van der Waals surface area contributed by atoms with Gasteiger partial charge in [-0.3, -0.25) is 0 Å². The summed E-state index contributed by atoms with van der Waals surface area (Å²) in [7, 11) is 0. The van der Waals surface area contributed by atoms with E-state index in [-0.39, 0.29) is 6.04 Å². The number of carboxylic acid groups (broad SMARTS) is 1. The normalized spacial score (nSPS) is 17.7. The van der Waals surface area contributed by atoms with Gasteiger partial charge in [-0.15, -0.1) is 0 Å². The van der Waals surface area contributed by atoms with Crippen LogP contribution in [0.4, 0.5) is 4.79 Å². The number of carbonyl (C=O) groups excluding carboxylic acids is 2. The number of thioether (sulfide) groups is 1. The van der Waals surface area contributed by atoms with Crippen molar-refractivity contribution in [2.75, 3.05) is 12.0 Å². The van der Waals surface area contributed by atoms with Crippen LogP contribution in [0.25, 0.3) is 0 Å². The third kappa shape index (κ3) is 5.30. The molecule has 17 heavy (non-hydrogen) atoms. The van der Waals surface area contributed by atoms with E-state index in [1.54, 1.807) is 11.8 Å². The Balaban J connectivity index is 2.32. The Morgan fingerprint density at radius 1 is 1.41 bits per heavy atom. The van der Waals surface area contributed by atoms with Gasteiger partial charge < -0.3 is 20.5 Å². The van der Waals surface area contributed by atoms with E-state index in [0.29, 0.717) is 12.2 Å². The number of urea groups is 1. The molecule has 2 amide bonds. The molecule has 1 fully saturated rings. The summed E-state index contributed by atoms with van der Waals surface area (Å²) >= 11 is 1.54. The van der Waals surface area contributed by atoms with Gasteiger partial charge >= 0.3 is 6.03 Å². The average Bonchev–Trinajstić information content (AvgIpc) is 2.76. The molecular formula is C11H19N2O3S-. The first-order chi connectivity index (χ1) is 8.13. The number of nitrogens with one attached hydrogen (secondary N) is 2. The zero-order valence-corrected chi connectivity index (χ0v) is 10.8. The molecule has 1 atom stereocenters. The predicted molar refractivity (Wildman–Crippen MR) is 65.7 cm³/mol. The van der Waals surface area contributed by atoms with E-state index in [1.165, 1.54) is 0 Å². The summed E-state index contributed by atoms with van der Waals surface area (Å²) in [5, 5.41) is 16.1. The fraction of sp³-hybridized carbons (Fsp3) is 0.818. The van der Waals surface area contributed by atoms with E-state index >= 15 is 0 Å². The molecule has 1 saturated carbocycles. The van der Waals surface area contributed by atoms with Gasteiger partial charge in [-0.2, -0.15) is 11.8 Å². The smallest absolute Gasteiger partial charge is 0.315 e. The molecule has 0 spiro atoms. The van der Waals surface area contributed by atoms with Crippen LogP contribution in [0, 0.1) is 0 Å². The zero-order valence-electron chi connectivity index (χ0n) is 10.0. The highest BCUT2D eigenvalue weighted by Crippen LogP contribution is 2.17. The van der Waals surface area contributed by atoms with Crippen molar-refractivity contribution in [1.82, 2.24) is 10.6 Å². The molecule has 0 aliphatic heterocycles. The van der Waals surface area contributed by atoms with Gasteiger partial charge in [0.2, 0.25) is 0 Å². The van der Waals surface area contributed by atoms with E-state index in [0.717, 1.165) is 25.7 Å². The van der Waals surface area contributed by atoms with Crippen LogP contribution in [-0.4, -0.2) is 36.1 Å². The van der Waals surface area contributed by atoms with Crippen LogP contribution < -0.4 is 15.7 Å². The van der Waals surface area contributed by atoms with E-state index in [9.17, 15) is 14.7 Å². The van der Waals surface area contributed by atoms with E-state index in [1.807, 2.05) is 6.26 Å². The molecule has 2 N–H and O–H groups in total. The molecule has 1 aliphatic carbocycles. The maximum atomic E-state index is 11.6. The summed E-state index contributed by atoms with van der Waals surface area (Å²) in [5.41, 5.74) is 0. The molecule has 1 rings (SSSR count). The average molecular weight is 259 g/mol. The van der Waals surface area contributed by atoms with Crippen LogP contribution in [0.5, 0.6) is 0 Å². The molecule has 98 valence electrons. The molecule has 0 heterocycles. The Labute approximate surface area is 106 Å².